The number of aryl methyl sites for hydroxylation is 1. The third-order valence-corrected chi connectivity index (χ3v) is 4.81. The monoisotopic (exact) mass is 394 g/mol. The van der Waals surface area contributed by atoms with Gasteiger partial charge in [0.25, 0.3) is 0 Å². The van der Waals surface area contributed by atoms with E-state index in [0.29, 0.717) is 24.5 Å². The molecule has 4 N–H and O–H groups in total. The van der Waals surface area contributed by atoms with Crippen LogP contribution >= 0.6 is 11.6 Å². The number of benzene rings is 2. The lowest BCUT2D eigenvalue weighted by atomic mass is 9.97. The first-order chi connectivity index (χ1) is 12.9. The highest BCUT2D eigenvalue weighted by Crippen LogP contribution is 2.23. The van der Waals surface area contributed by atoms with Crippen molar-refractivity contribution in [2.75, 3.05) is 13.2 Å². The van der Waals surface area contributed by atoms with Crippen molar-refractivity contribution in [3.63, 3.8) is 0 Å². The number of hydrogen-bond acceptors (Lipinski definition) is 5. The van der Waals surface area contributed by atoms with Crippen molar-refractivity contribution in [2.45, 2.75) is 44.5 Å². The highest BCUT2D eigenvalue weighted by molar-refractivity contribution is 6.31. The Bertz CT molecular complexity index is 704. The first kappa shape index (κ1) is 21.7. The SMILES string of the molecule is CCOc1ccc(Cc2cc(CC[C@@H](O)[C@H](O)[C@H](O)CO)ccc2Cl)cc1. The summed E-state index contributed by atoms with van der Waals surface area (Å²) in [7, 11) is 0. The molecule has 0 aliphatic rings. The summed E-state index contributed by atoms with van der Waals surface area (Å²) in [5.74, 6) is 0.832. The minimum absolute atomic E-state index is 0.266. The van der Waals surface area contributed by atoms with Crippen LogP contribution < -0.4 is 4.74 Å². The van der Waals surface area contributed by atoms with Gasteiger partial charge < -0.3 is 25.2 Å². The molecule has 0 aromatic heterocycles. The molecule has 0 saturated heterocycles. The maximum atomic E-state index is 9.95. The predicted molar refractivity (Wildman–Crippen MR) is 105 cm³/mol. The lowest BCUT2D eigenvalue weighted by Crippen LogP contribution is -2.39. The summed E-state index contributed by atoms with van der Waals surface area (Å²) in [6.45, 7) is 1.98. The summed E-state index contributed by atoms with van der Waals surface area (Å²) in [5.41, 5.74) is 3.06. The van der Waals surface area contributed by atoms with E-state index in [0.717, 1.165) is 22.4 Å². The molecular formula is C21H27ClO5. The van der Waals surface area contributed by atoms with Gasteiger partial charge in [-0.05, 0) is 61.1 Å². The zero-order chi connectivity index (χ0) is 19.8. The van der Waals surface area contributed by atoms with Crippen LogP contribution in [-0.2, 0) is 12.8 Å². The van der Waals surface area contributed by atoms with Gasteiger partial charge in [-0.1, -0.05) is 35.9 Å². The van der Waals surface area contributed by atoms with Crippen molar-refractivity contribution in [2.24, 2.45) is 0 Å². The Morgan fingerprint density at radius 2 is 1.63 bits per heavy atom. The molecule has 27 heavy (non-hydrogen) atoms. The van der Waals surface area contributed by atoms with Crippen LogP contribution in [0, 0.1) is 0 Å². The standard InChI is InChI=1S/C21H27ClO5/c1-2-27-17-7-3-14(4-8-17)11-16-12-15(5-9-18(16)22)6-10-19(24)21(26)20(25)13-23/h3-5,7-9,12,19-21,23-26H,2,6,10-11,13H2,1H3/t19-,20-,21+/m1/s1. The van der Waals surface area contributed by atoms with Crippen LogP contribution in [0.5, 0.6) is 5.75 Å². The third kappa shape index (κ3) is 6.48. The molecule has 2 aromatic carbocycles. The van der Waals surface area contributed by atoms with Crippen LogP contribution in [-0.4, -0.2) is 52.0 Å². The number of ether oxygens (including phenoxy) is 1. The number of aliphatic hydroxyl groups excluding tert-OH is 4. The highest BCUT2D eigenvalue weighted by Gasteiger charge is 2.23. The number of aliphatic hydroxyl groups is 4. The van der Waals surface area contributed by atoms with E-state index in [9.17, 15) is 15.3 Å². The summed E-state index contributed by atoms with van der Waals surface area (Å²) in [6, 6.07) is 13.6. The lowest BCUT2D eigenvalue weighted by Gasteiger charge is -2.21. The Kier molecular flexibility index (Phi) is 8.54. The maximum Gasteiger partial charge on any atom is 0.119 e. The average molecular weight is 395 g/mol. The quantitative estimate of drug-likeness (QED) is 0.496. The summed E-state index contributed by atoms with van der Waals surface area (Å²) < 4.78 is 5.45. The molecule has 0 radical (unpaired) electrons. The molecule has 148 valence electrons. The van der Waals surface area contributed by atoms with Gasteiger partial charge in [0.15, 0.2) is 0 Å². The van der Waals surface area contributed by atoms with Crippen molar-refractivity contribution in [1.29, 1.82) is 0 Å². The zero-order valence-electron chi connectivity index (χ0n) is 15.4. The molecule has 0 aliphatic heterocycles. The molecular weight excluding hydrogens is 368 g/mol. The molecule has 0 bridgehead atoms. The molecule has 0 saturated carbocycles. The molecule has 0 aliphatic carbocycles. The van der Waals surface area contributed by atoms with E-state index in [1.807, 2.05) is 49.4 Å². The van der Waals surface area contributed by atoms with Gasteiger partial charge in [0, 0.05) is 5.02 Å². The zero-order valence-corrected chi connectivity index (χ0v) is 16.1. The van der Waals surface area contributed by atoms with Crippen LogP contribution in [0.3, 0.4) is 0 Å². The fourth-order valence-electron chi connectivity index (χ4n) is 2.86. The minimum atomic E-state index is -1.37. The number of hydrogen-bond donors (Lipinski definition) is 4. The second-order valence-electron chi connectivity index (χ2n) is 6.53. The normalized spacial score (nSPS) is 14.6. The van der Waals surface area contributed by atoms with Crippen molar-refractivity contribution >= 4 is 11.6 Å². The van der Waals surface area contributed by atoms with Crippen LogP contribution in [0.4, 0.5) is 0 Å². The second-order valence-corrected chi connectivity index (χ2v) is 6.93. The molecule has 0 unspecified atom stereocenters. The van der Waals surface area contributed by atoms with E-state index >= 15 is 0 Å². The molecule has 2 aromatic rings. The summed E-state index contributed by atoms with van der Waals surface area (Å²) in [5, 5.41) is 38.6. The van der Waals surface area contributed by atoms with E-state index in [1.54, 1.807) is 0 Å². The Labute approximate surface area is 164 Å². The topological polar surface area (TPSA) is 90.2 Å². The van der Waals surface area contributed by atoms with Crippen molar-refractivity contribution < 1.29 is 25.2 Å². The van der Waals surface area contributed by atoms with E-state index in [4.69, 9.17) is 21.4 Å². The Morgan fingerprint density at radius 3 is 2.26 bits per heavy atom. The van der Waals surface area contributed by atoms with Gasteiger partial charge in [-0.3, -0.25) is 0 Å². The summed E-state index contributed by atoms with van der Waals surface area (Å²) in [6.07, 6.45) is -2.37. The minimum Gasteiger partial charge on any atom is -0.494 e. The van der Waals surface area contributed by atoms with E-state index in [1.165, 1.54) is 0 Å². The molecule has 2 rings (SSSR count). The predicted octanol–water partition coefficient (Wildman–Crippen LogP) is 2.34. The highest BCUT2D eigenvalue weighted by atomic mass is 35.5. The number of halogens is 1. The smallest absolute Gasteiger partial charge is 0.119 e. The molecule has 0 fully saturated rings. The van der Waals surface area contributed by atoms with Gasteiger partial charge in [0.2, 0.25) is 0 Å². The van der Waals surface area contributed by atoms with Gasteiger partial charge >= 0.3 is 0 Å². The fraction of sp³-hybridized carbons (Fsp3) is 0.429. The van der Waals surface area contributed by atoms with Gasteiger partial charge in [0.05, 0.1) is 19.3 Å². The molecule has 5 nitrogen and oxygen atoms in total. The van der Waals surface area contributed by atoms with Gasteiger partial charge in [-0.25, -0.2) is 0 Å². The van der Waals surface area contributed by atoms with Gasteiger partial charge in [-0.2, -0.15) is 0 Å². The average Bonchev–Trinajstić information content (AvgIpc) is 2.68. The molecule has 6 heteroatoms. The maximum absolute atomic E-state index is 9.95. The van der Waals surface area contributed by atoms with Crippen LogP contribution in [0.25, 0.3) is 0 Å². The molecule has 0 spiro atoms. The van der Waals surface area contributed by atoms with Crippen LogP contribution in [0.2, 0.25) is 5.02 Å². The molecule has 0 heterocycles. The summed E-state index contributed by atoms with van der Waals surface area (Å²) in [4.78, 5) is 0. The molecule has 3 atom stereocenters. The van der Waals surface area contributed by atoms with Gasteiger partial charge in [0.1, 0.15) is 18.0 Å². The first-order valence-electron chi connectivity index (χ1n) is 9.08. The lowest BCUT2D eigenvalue weighted by molar-refractivity contribution is -0.0780. The van der Waals surface area contributed by atoms with E-state index in [-0.39, 0.29) is 6.42 Å². The van der Waals surface area contributed by atoms with Crippen molar-refractivity contribution in [3.05, 3.63) is 64.2 Å². The Hall–Kier alpha value is -1.63. The van der Waals surface area contributed by atoms with Crippen molar-refractivity contribution in [3.8, 4) is 5.75 Å². The molecule has 0 amide bonds. The van der Waals surface area contributed by atoms with E-state index < -0.39 is 24.9 Å². The van der Waals surface area contributed by atoms with E-state index in [2.05, 4.69) is 0 Å². The second kappa shape index (κ2) is 10.6. The Balaban J connectivity index is 2.00. The number of rotatable bonds is 10. The summed E-state index contributed by atoms with van der Waals surface area (Å²) >= 11 is 6.33. The first-order valence-corrected chi connectivity index (χ1v) is 9.46. The fourth-order valence-corrected chi connectivity index (χ4v) is 3.04. The Morgan fingerprint density at radius 1 is 0.963 bits per heavy atom. The largest absolute Gasteiger partial charge is 0.494 e. The van der Waals surface area contributed by atoms with Gasteiger partial charge in [-0.15, -0.1) is 0 Å². The third-order valence-electron chi connectivity index (χ3n) is 4.44. The van der Waals surface area contributed by atoms with Crippen LogP contribution in [0.15, 0.2) is 42.5 Å². The van der Waals surface area contributed by atoms with Crippen molar-refractivity contribution in [1.82, 2.24) is 0 Å². The van der Waals surface area contributed by atoms with Crippen LogP contribution in [0.1, 0.15) is 30.0 Å².